The van der Waals surface area contributed by atoms with E-state index in [2.05, 4.69) is 35.9 Å². The number of rotatable bonds is 7. The molecule has 1 aromatic carbocycles. The van der Waals surface area contributed by atoms with Crippen molar-refractivity contribution in [2.75, 3.05) is 17.7 Å². The molecule has 10 heteroatoms. The monoisotopic (exact) mass is 381 g/mol. The summed E-state index contributed by atoms with van der Waals surface area (Å²) in [6, 6.07) is 6.23. The van der Waals surface area contributed by atoms with Gasteiger partial charge >= 0.3 is 0 Å². The normalized spacial score (nSPS) is 11.6. The van der Waals surface area contributed by atoms with E-state index in [4.69, 9.17) is 0 Å². The predicted octanol–water partition coefficient (Wildman–Crippen LogP) is 0.684. The van der Waals surface area contributed by atoms with Gasteiger partial charge in [0, 0.05) is 18.3 Å². The van der Waals surface area contributed by atoms with Gasteiger partial charge in [-0.05, 0) is 31.2 Å². The summed E-state index contributed by atoms with van der Waals surface area (Å²) < 4.78 is 0. The highest BCUT2D eigenvalue weighted by atomic mass is 16.2. The summed E-state index contributed by atoms with van der Waals surface area (Å²) in [5.74, 6) is 0.00328. The molecule has 0 aliphatic rings. The van der Waals surface area contributed by atoms with Crippen molar-refractivity contribution in [3.63, 3.8) is 0 Å². The predicted molar refractivity (Wildman–Crippen MR) is 104 cm³/mol. The molecule has 0 bridgehead atoms. The Morgan fingerprint density at radius 3 is 2.68 bits per heavy atom. The number of carbonyl (C=O) groups is 2. The summed E-state index contributed by atoms with van der Waals surface area (Å²) in [6.45, 7) is 1.94. The van der Waals surface area contributed by atoms with E-state index in [0.29, 0.717) is 30.0 Å². The van der Waals surface area contributed by atoms with Crippen LogP contribution in [0.4, 0.5) is 11.6 Å². The van der Waals surface area contributed by atoms with E-state index < -0.39 is 6.04 Å². The Morgan fingerprint density at radius 2 is 2.00 bits per heavy atom. The average molecular weight is 381 g/mol. The Kier molecular flexibility index (Phi) is 5.58. The molecule has 0 saturated carbocycles. The first kappa shape index (κ1) is 19.0. The summed E-state index contributed by atoms with van der Waals surface area (Å²) in [5.41, 5.74) is 1.83. The quantitative estimate of drug-likeness (QED) is 0.438. The summed E-state index contributed by atoms with van der Waals surface area (Å²) in [6.07, 6.45) is 2.21. The second-order valence-corrected chi connectivity index (χ2v) is 6.03. The van der Waals surface area contributed by atoms with Crippen molar-refractivity contribution >= 4 is 35.0 Å². The molecule has 4 N–H and O–H groups in total. The van der Waals surface area contributed by atoms with Gasteiger partial charge in [0.1, 0.15) is 6.29 Å². The minimum Gasteiger partial charge on any atom is -0.379 e. The van der Waals surface area contributed by atoms with Crippen LogP contribution in [0.15, 0.2) is 35.3 Å². The van der Waals surface area contributed by atoms with Gasteiger partial charge in [-0.3, -0.25) is 14.6 Å². The number of fused-ring (bicyclic) bond motifs is 1. The molecule has 3 rings (SSSR count). The Morgan fingerprint density at radius 1 is 1.25 bits per heavy atom. The molecule has 0 fully saturated rings. The van der Waals surface area contributed by atoms with Crippen LogP contribution in [0.1, 0.15) is 23.0 Å². The maximum absolute atomic E-state index is 12.1. The molecule has 1 amide bonds. The number of benzene rings is 1. The van der Waals surface area contributed by atoms with Gasteiger partial charge in [0.25, 0.3) is 11.5 Å². The number of amides is 1. The van der Waals surface area contributed by atoms with Crippen molar-refractivity contribution in [2.45, 2.75) is 19.5 Å². The molecule has 0 saturated heterocycles. The van der Waals surface area contributed by atoms with Gasteiger partial charge in [-0.2, -0.15) is 4.98 Å². The van der Waals surface area contributed by atoms with Crippen LogP contribution in [0.2, 0.25) is 0 Å². The summed E-state index contributed by atoms with van der Waals surface area (Å²) in [4.78, 5) is 49.8. The Hall–Kier alpha value is -3.82. The molecule has 3 aromatic rings. The number of anilines is 2. The van der Waals surface area contributed by atoms with Crippen LogP contribution in [0.5, 0.6) is 0 Å². The summed E-state index contributed by atoms with van der Waals surface area (Å²) >= 11 is 0. The van der Waals surface area contributed by atoms with Crippen molar-refractivity contribution in [2.24, 2.45) is 0 Å². The smallest absolute Gasteiger partial charge is 0.280 e. The first-order valence-corrected chi connectivity index (χ1v) is 8.54. The summed E-state index contributed by atoms with van der Waals surface area (Å²) in [5, 5.41) is 8.47. The average Bonchev–Trinajstić information content (AvgIpc) is 2.72. The first-order chi connectivity index (χ1) is 13.5. The van der Waals surface area contributed by atoms with E-state index in [1.165, 1.54) is 0 Å². The van der Waals surface area contributed by atoms with Gasteiger partial charge in [-0.1, -0.05) is 0 Å². The molecular formula is C18H19N7O3. The zero-order chi connectivity index (χ0) is 20.1. The van der Waals surface area contributed by atoms with Crippen LogP contribution in [0.3, 0.4) is 0 Å². The van der Waals surface area contributed by atoms with E-state index in [-0.39, 0.29) is 22.6 Å². The highest BCUT2D eigenvalue weighted by molar-refractivity contribution is 5.95. The van der Waals surface area contributed by atoms with Gasteiger partial charge < -0.3 is 20.7 Å². The third-order valence-corrected chi connectivity index (χ3v) is 3.89. The molecule has 28 heavy (non-hydrogen) atoms. The van der Waals surface area contributed by atoms with Gasteiger partial charge in [-0.15, -0.1) is 0 Å². The van der Waals surface area contributed by atoms with Crippen LogP contribution < -0.4 is 21.5 Å². The molecule has 0 spiro atoms. The zero-order valence-corrected chi connectivity index (χ0v) is 15.3. The molecule has 144 valence electrons. The number of nitrogens with zero attached hydrogens (tertiary/aromatic N) is 3. The minimum atomic E-state index is -0.543. The minimum absolute atomic E-state index is 0.162. The first-order valence-electron chi connectivity index (χ1n) is 8.54. The fourth-order valence-electron chi connectivity index (χ4n) is 2.41. The SMILES string of the molecule is CNc1nc2ncc(CNc3ccc(C(=O)NC(C)C=O)cc3)nc2c(=O)[nH]1. The highest BCUT2D eigenvalue weighted by Crippen LogP contribution is 2.12. The summed E-state index contributed by atoms with van der Waals surface area (Å²) in [7, 11) is 1.65. The third kappa shape index (κ3) is 4.29. The molecule has 0 radical (unpaired) electrons. The van der Waals surface area contributed by atoms with Crippen LogP contribution in [0, 0.1) is 0 Å². The van der Waals surface area contributed by atoms with Crippen LogP contribution in [-0.2, 0) is 11.3 Å². The van der Waals surface area contributed by atoms with Crippen molar-refractivity contribution in [1.82, 2.24) is 25.3 Å². The van der Waals surface area contributed by atoms with E-state index in [9.17, 15) is 14.4 Å². The molecule has 0 aliphatic carbocycles. The van der Waals surface area contributed by atoms with Crippen LogP contribution >= 0.6 is 0 Å². The standard InChI is InChI=1S/C18H19N7O3/c1-10(9-26)22-16(27)11-3-5-12(6-4-11)20-7-13-8-21-15-14(23-13)17(28)25-18(19-2)24-15/h3-6,8-10,20H,7H2,1-2H3,(H,22,27)(H2,19,21,24,25,28). The molecular weight excluding hydrogens is 362 g/mol. The maximum Gasteiger partial charge on any atom is 0.280 e. The highest BCUT2D eigenvalue weighted by Gasteiger charge is 2.09. The number of aromatic amines is 1. The molecule has 10 nitrogen and oxygen atoms in total. The Labute approximate surface area is 159 Å². The molecule has 2 heterocycles. The van der Waals surface area contributed by atoms with E-state index >= 15 is 0 Å². The fraction of sp³-hybridized carbons (Fsp3) is 0.222. The number of hydrogen-bond acceptors (Lipinski definition) is 8. The van der Waals surface area contributed by atoms with E-state index in [0.717, 1.165) is 5.69 Å². The van der Waals surface area contributed by atoms with Crippen molar-refractivity contribution in [3.8, 4) is 0 Å². The van der Waals surface area contributed by atoms with Crippen molar-refractivity contribution in [1.29, 1.82) is 0 Å². The Bertz CT molecular complexity index is 1060. The number of aldehydes is 1. The Balaban J connectivity index is 1.68. The number of nitrogens with one attached hydrogen (secondary N) is 4. The number of H-pyrrole nitrogens is 1. The topological polar surface area (TPSA) is 142 Å². The van der Waals surface area contributed by atoms with Crippen molar-refractivity contribution in [3.05, 3.63) is 52.1 Å². The van der Waals surface area contributed by atoms with E-state index in [1.807, 2.05) is 0 Å². The van der Waals surface area contributed by atoms with Gasteiger partial charge in [0.2, 0.25) is 5.95 Å². The fourth-order valence-corrected chi connectivity index (χ4v) is 2.41. The lowest BCUT2D eigenvalue weighted by atomic mass is 10.2. The largest absolute Gasteiger partial charge is 0.379 e. The second kappa shape index (κ2) is 8.25. The molecule has 0 aliphatic heterocycles. The van der Waals surface area contributed by atoms with E-state index in [1.54, 1.807) is 44.4 Å². The van der Waals surface area contributed by atoms with Crippen LogP contribution in [0.25, 0.3) is 11.2 Å². The number of aromatic nitrogens is 4. The van der Waals surface area contributed by atoms with Crippen molar-refractivity contribution < 1.29 is 9.59 Å². The van der Waals surface area contributed by atoms with Gasteiger partial charge in [0.15, 0.2) is 11.2 Å². The maximum atomic E-state index is 12.1. The number of hydrogen-bond donors (Lipinski definition) is 4. The zero-order valence-electron chi connectivity index (χ0n) is 15.3. The molecule has 2 aromatic heterocycles. The van der Waals surface area contributed by atoms with Gasteiger partial charge in [0.05, 0.1) is 24.5 Å². The van der Waals surface area contributed by atoms with Crippen LogP contribution in [-0.4, -0.2) is 45.2 Å². The molecule has 1 atom stereocenters. The lowest BCUT2D eigenvalue weighted by molar-refractivity contribution is -0.109. The second-order valence-electron chi connectivity index (χ2n) is 6.03. The third-order valence-electron chi connectivity index (χ3n) is 3.89. The number of carbonyl (C=O) groups excluding carboxylic acids is 2. The van der Waals surface area contributed by atoms with Gasteiger partial charge in [-0.25, -0.2) is 9.97 Å². The molecule has 1 unspecified atom stereocenters. The lowest BCUT2D eigenvalue weighted by Crippen LogP contribution is -2.33. The lowest BCUT2D eigenvalue weighted by Gasteiger charge is -2.09.